The van der Waals surface area contributed by atoms with E-state index >= 15 is 0 Å². The number of hydrogen-bond acceptors (Lipinski definition) is 2. The number of rotatable bonds is 5. The van der Waals surface area contributed by atoms with Gasteiger partial charge >= 0.3 is 0 Å². The van der Waals surface area contributed by atoms with Crippen molar-refractivity contribution in [3.8, 4) is 0 Å². The second kappa shape index (κ2) is 6.66. The lowest BCUT2D eigenvalue weighted by molar-refractivity contribution is -0.120. The Morgan fingerprint density at radius 3 is 3.00 bits per heavy atom. The Morgan fingerprint density at radius 1 is 1.47 bits per heavy atom. The number of carbonyl (C=O) groups excluding carboxylic acids is 1. The lowest BCUT2D eigenvalue weighted by Crippen LogP contribution is -2.40. The van der Waals surface area contributed by atoms with Crippen LogP contribution in [0.4, 0.5) is 4.39 Å². The monoisotopic (exact) mass is 264 g/mol. The number of benzene rings is 1. The molecule has 0 saturated carbocycles. The molecule has 104 valence electrons. The first-order chi connectivity index (χ1) is 9.20. The molecule has 0 aromatic heterocycles. The van der Waals surface area contributed by atoms with E-state index in [-0.39, 0.29) is 18.1 Å². The molecule has 1 N–H and O–H groups in total. The number of amides is 1. The van der Waals surface area contributed by atoms with Crippen molar-refractivity contribution >= 4 is 5.91 Å². The molecule has 1 amide bonds. The standard InChI is InChI=1S/C15H21FN2O/c1-2-18-9-5-7-13(18)11-17-15(19)10-12-6-3-4-8-14(12)16/h3-4,6,8,13H,2,5,7,9-11H2,1H3,(H,17,19)/t13-/m1/s1. The van der Waals surface area contributed by atoms with Crippen LogP contribution >= 0.6 is 0 Å². The second-order valence-electron chi connectivity index (χ2n) is 5.00. The summed E-state index contributed by atoms with van der Waals surface area (Å²) in [5.41, 5.74) is 0.457. The van der Waals surface area contributed by atoms with Gasteiger partial charge in [0, 0.05) is 12.6 Å². The van der Waals surface area contributed by atoms with Gasteiger partial charge in [0.15, 0.2) is 0 Å². The first kappa shape index (κ1) is 14.0. The van der Waals surface area contributed by atoms with E-state index in [1.807, 2.05) is 0 Å². The molecule has 1 aromatic rings. The van der Waals surface area contributed by atoms with Gasteiger partial charge in [0.05, 0.1) is 6.42 Å². The molecule has 0 spiro atoms. The lowest BCUT2D eigenvalue weighted by Gasteiger charge is -2.22. The molecular weight excluding hydrogens is 243 g/mol. The highest BCUT2D eigenvalue weighted by Gasteiger charge is 2.23. The second-order valence-corrected chi connectivity index (χ2v) is 5.00. The Kier molecular flexibility index (Phi) is 4.91. The summed E-state index contributed by atoms with van der Waals surface area (Å²) >= 11 is 0. The fourth-order valence-corrected chi connectivity index (χ4v) is 2.65. The molecule has 0 unspecified atom stereocenters. The van der Waals surface area contributed by atoms with Crippen LogP contribution in [-0.4, -0.2) is 36.5 Å². The number of likely N-dealkylation sites (tertiary alicyclic amines) is 1. The predicted octanol–water partition coefficient (Wildman–Crippen LogP) is 1.97. The molecule has 1 atom stereocenters. The highest BCUT2D eigenvalue weighted by molar-refractivity contribution is 5.78. The Bertz CT molecular complexity index is 436. The van der Waals surface area contributed by atoms with Crippen molar-refractivity contribution in [3.63, 3.8) is 0 Å². The van der Waals surface area contributed by atoms with Gasteiger partial charge in [-0.05, 0) is 37.6 Å². The van der Waals surface area contributed by atoms with Crippen LogP contribution in [0.25, 0.3) is 0 Å². The minimum Gasteiger partial charge on any atom is -0.354 e. The zero-order valence-electron chi connectivity index (χ0n) is 11.4. The third-order valence-electron chi connectivity index (χ3n) is 3.75. The molecule has 1 aliphatic rings. The minimum atomic E-state index is -0.311. The largest absolute Gasteiger partial charge is 0.354 e. The van der Waals surface area contributed by atoms with Crippen molar-refractivity contribution < 1.29 is 9.18 Å². The zero-order valence-corrected chi connectivity index (χ0v) is 11.4. The van der Waals surface area contributed by atoms with Crippen molar-refractivity contribution in [2.24, 2.45) is 0 Å². The average molecular weight is 264 g/mol. The van der Waals surface area contributed by atoms with Gasteiger partial charge in [0.25, 0.3) is 0 Å². The maximum Gasteiger partial charge on any atom is 0.224 e. The smallest absolute Gasteiger partial charge is 0.224 e. The molecule has 1 aliphatic heterocycles. The Balaban J connectivity index is 1.80. The van der Waals surface area contributed by atoms with E-state index in [1.54, 1.807) is 18.2 Å². The van der Waals surface area contributed by atoms with E-state index in [4.69, 9.17) is 0 Å². The Morgan fingerprint density at radius 2 is 2.26 bits per heavy atom. The van der Waals surface area contributed by atoms with Gasteiger partial charge in [-0.25, -0.2) is 4.39 Å². The van der Waals surface area contributed by atoms with Crippen LogP contribution in [-0.2, 0) is 11.2 Å². The van der Waals surface area contributed by atoms with Gasteiger partial charge in [-0.2, -0.15) is 0 Å². The SMILES string of the molecule is CCN1CCC[C@@H]1CNC(=O)Cc1ccccc1F. The van der Waals surface area contributed by atoms with Gasteiger partial charge in [0.2, 0.25) is 5.91 Å². The third-order valence-corrected chi connectivity index (χ3v) is 3.75. The van der Waals surface area contributed by atoms with Crippen LogP contribution in [0.5, 0.6) is 0 Å². The average Bonchev–Trinajstić information content (AvgIpc) is 2.86. The number of likely N-dealkylation sites (N-methyl/N-ethyl adjacent to an activating group) is 1. The van der Waals surface area contributed by atoms with Crippen molar-refractivity contribution in [3.05, 3.63) is 35.6 Å². The first-order valence-corrected chi connectivity index (χ1v) is 6.95. The van der Waals surface area contributed by atoms with E-state index < -0.39 is 0 Å². The van der Waals surface area contributed by atoms with Gasteiger partial charge in [-0.1, -0.05) is 25.1 Å². The normalized spacial score (nSPS) is 19.6. The molecule has 3 nitrogen and oxygen atoms in total. The topological polar surface area (TPSA) is 32.3 Å². The first-order valence-electron chi connectivity index (χ1n) is 6.95. The molecule has 0 aliphatic carbocycles. The van der Waals surface area contributed by atoms with Crippen LogP contribution in [0.3, 0.4) is 0 Å². The molecule has 1 heterocycles. The summed E-state index contributed by atoms with van der Waals surface area (Å²) in [7, 11) is 0. The minimum absolute atomic E-state index is 0.104. The summed E-state index contributed by atoms with van der Waals surface area (Å²) in [6.45, 7) is 4.94. The number of halogens is 1. The number of carbonyl (C=O) groups is 1. The molecule has 0 bridgehead atoms. The van der Waals surface area contributed by atoms with Crippen molar-refractivity contribution in [1.82, 2.24) is 10.2 Å². The van der Waals surface area contributed by atoms with E-state index in [9.17, 15) is 9.18 Å². The summed E-state index contributed by atoms with van der Waals surface area (Å²) in [6.07, 6.45) is 2.45. The number of nitrogens with one attached hydrogen (secondary N) is 1. The van der Waals surface area contributed by atoms with Crippen molar-refractivity contribution in [2.45, 2.75) is 32.2 Å². The summed E-state index contributed by atoms with van der Waals surface area (Å²) < 4.78 is 13.4. The number of hydrogen-bond donors (Lipinski definition) is 1. The Hall–Kier alpha value is -1.42. The zero-order chi connectivity index (χ0) is 13.7. The van der Waals surface area contributed by atoms with E-state index in [0.717, 1.165) is 19.5 Å². The molecule has 1 saturated heterocycles. The highest BCUT2D eigenvalue weighted by atomic mass is 19.1. The molecule has 1 aromatic carbocycles. The van der Waals surface area contributed by atoms with Crippen LogP contribution in [0, 0.1) is 5.82 Å². The van der Waals surface area contributed by atoms with Gasteiger partial charge < -0.3 is 5.32 Å². The summed E-state index contributed by atoms with van der Waals surface area (Å²) in [6, 6.07) is 6.87. The fraction of sp³-hybridized carbons (Fsp3) is 0.533. The van der Waals surface area contributed by atoms with Crippen molar-refractivity contribution in [2.75, 3.05) is 19.6 Å². The maximum absolute atomic E-state index is 13.4. The summed E-state index contributed by atoms with van der Waals surface area (Å²) in [4.78, 5) is 14.2. The van der Waals surface area contributed by atoms with Gasteiger partial charge in [-0.15, -0.1) is 0 Å². The molecule has 2 rings (SSSR count). The van der Waals surface area contributed by atoms with Crippen LogP contribution in [0.15, 0.2) is 24.3 Å². The predicted molar refractivity (Wildman–Crippen MR) is 73.4 cm³/mol. The summed E-state index contributed by atoms with van der Waals surface area (Å²) in [5, 5.41) is 2.92. The van der Waals surface area contributed by atoms with Crippen LogP contribution < -0.4 is 5.32 Å². The number of nitrogens with zero attached hydrogens (tertiary/aromatic N) is 1. The summed E-state index contributed by atoms with van der Waals surface area (Å²) in [5.74, 6) is -0.415. The van der Waals surface area contributed by atoms with Gasteiger partial charge in [-0.3, -0.25) is 9.69 Å². The molecule has 19 heavy (non-hydrogen) atoms. The van der Waals surface area contributed by atoms with E-state index in [2.05, 4.69) is 17.1 Å². The Labute approximate surface area is 113 Å². The maximum atomic E-state index is 13.4. The van der Waals surface area contributed by atoms with Gasteiger partial charge in [0.1, 0.15) is 5.82 Å². The lowest BCUT2D eigenvalue weighted by atomic mass is 10.1. The van der Waals surface area contributed by atoms with Crippen LogP contribution in [0.2, 0.25) is 0 Å². The molecular formula is C15H21FN2O. The molecule has 4 heteroatoms. The quantitative estimate of drug-likeness (QED) is 0.882. The third kappa shape index (κ3) is 3.77. The highest BCUT2D eigenvalue weighted by Crippen LogP contribution is 2.15. The molecule has 0 radical (unpaired) electrons. The van der Waals surface area contributed by atoms with E-state index in [1.165, 1.54) is 12.5 Å². The van der Waals surface area contributed by atoms with E-state index in [0.29, 0.717) is 18.2 Å². The van der Waals surface area contributed by atoms with Crippen LogP contribution in [0.1, 0.15) is 25.3 Å². The molecule has 1 fully saturated rings. The van der Waals surface area contributed by atoms with Crippen molar-refractivity contribution in [1.29, 1.82) is 0 Å². The fourth-order valence-electron chi connectivity index (χ4n) is 2.65.